The van der Waals surface area contributed by atoms with E-state index in [0.29, 0.717) is 5.69 Å². The van der Waals surface area contributed by atoms with Gasteiger partial charge >= 0.3 is 5.97 Å². The molecule has 1 N–H and O–H groups in total. The lowest BCUT2D eigenvalue weighted by Crippen LogP contribution is -2.47. The van der Waals surface area contributed by atoms with Crippen LogP contribution in [0.2, 0.25) is 5.02 Å². The van der Waals surface area contributed by atoms with Crippen LogP contribution in [0.1, 0.15) is 29.3 Å². The second-order valence-electron chi connectivity index (χ2n) is 6.49. The van der Waals surface area contributed by atoms with Gasteiger partial charge in [-0.3, -0.25) is 9.10 Å². The van der Waals surface area contributed by atoms with Gasteiger partial charge in [-0.1, -0.05) is 36.2 Å². The van der Waals surface area contributed by atoms with Gasteiger partial charge in [-0.15, -0.1) is 0 Å². The van der Waals surface area contributed by atoms with Gasteiger partial charge in [0.25, 0.3) is 0 Å². The normalized spacial score (nSPS) is 12.2. The number of hydrogen-bond acceptors (Lipinski definition) is 5. The number of benzene rings is 2. The summed E-state index contributed by atoms with van der Waals surface area (Å²) in [6.45, 7) is 3.60. The fraction of sp³-hybridized carbons (Fsp3) is 0.300. The summed E-state index contributed by atoms with van der Waals surface area (Å²) in [5, 5.41) is 2.84. The van der Waals surface area contributed by atoms with Crippen molar-refractivity contribution in [3.8, 4) is 0 Å². The van der Waals surface area contributed by atoms with E-state index < -0.39 is 27.9 Å². The van der Waals surface area contributed by atoms with Gasteiger partial charge in [0.15, 0.2) is 0 Å². The number of carbonyl (C=O) groups is 2. The Morgan fingerprint density at radius 2 is 1.79 bits per heavy atom. The molecule has 0 fully saturated rings. The minimum Gasteiger partial charge on any atom is -0.465 e. The second-order valence-corrected chi connectivity index (χ2v) is 8.76. The Morgan fingerprint density at radius 3 is 2.31 bits per heavy atom. The first-order chi connectivity index (χ1) is 13.6. The third-order valence-electron chi connectivity index (χ3n) is 4.26. The molecule has 7 nitrogen and oxygen atoms in total. The molecule has 29 heavy (non-hydrogen) atoms. The van der Waals surface area contributed by atoms with Gasteiger partial charge in [-0.25, -0.2) is 13.2 Å². The molecule has 156 valence electrons. The first-order valence-corrected chi connectivity index (χ1v) is 11.1. The van der Waals surface area contributed by atoms with Crippen molar-refractivity contribution in [2.24, 2.45) is 0 Å². The number of sulfonamides is 1. The minimum atomic E-state index is -3.75. The summed E-state index contributed by atoms with van der Waals surface area (Å²) in [6.07, 6.45) is 1.27. The molecule has 1 atom stereocenters. The summed E-state index contributed by atoms with van der Waals surface area (Å²) < 4.78 is 30.7. The molecule has 1 amide bonds. The topological polar surface area (TPSA) is 92.8 Å². The van der Waals surface area contributed by atoms with Crippen LogP contribution in [0.5, 0.6) is 0 Å². The Hall–Kier alpha value is -2.58. The molecule has 0 saturated heterocycles. The zero-order chi connectivity index (χ0) is 21.8. The van der Waals surface area contributed by atoms with Crippen molar-refractivity contribution in [1.29, 1.82) is 0 Å². The van der Waals surface area contributed by atoms with E-state index >= 15 is 0 Å². The molecule has 0 unspecified atom stereocenters. The highest BCUT2D eigenvalue weighted by atomic mass is 35.5. The van der Waals surface area contributed by atoms with E-state index in [1.165, 1.54) is 25.3 Å². The van der Waals surface area contributed by atoms with Crippen molar-refractivity contribution < 1.29 is 22.7 Å². The molecule has 0 heterocycles. The van der Waals surface area contributed by atoms with Crippen LogP contribution in [0.3, 0.4) is 0 Å². The fourth-order valence-electron chi connectivity index (χ4n) is 2.83. The van der Waals surface area contributed by atoms with E-state index in [9.17, 15) is 18.0 Å². The number of nitrogens with zero attached hydrogens (tertiary/aromatic N) is 1. The third-order valence-corrected chi connectivity index (χ3v) is 5.77. The fourth-order valence-corrected chi connectivity index (χ4v) is 4.21. The van der Waals surface area contributed by atoms with Crippen molar-refractivity contribution >= 4 is 44.9 Å². The Kier molecular flexibility index (Phi) is 7.26. The number of rotatable bonds is 7. The predicted molar refractivity (Wildman–Crippen MR) is 114 cm³/mol. The van der Waals surface area contributed by atoms with E-state index in [0.717, 1.165) is 16.1 Å². The number of carbonyl (C=O) groups excluding carboxylic acids is 2. The highest BCUT2D eigenvalue weighted by Gasteiger charge is 2.31. The van der Waals surface area contributed by atoms with E-state index in [-0.39, 0.29) is 22.7 Å². The smallest absolute Gasteiger partial charge is 0.337 e. The van der Waals surface area contributed by atoms with Crippen molar-refractivity contribution in [2.75, 3.05) is 23.0 Å². The van der Waals surface area contributed by atoms with Crippen molar-refractivity contribution in [1.82, 2.24) is 0 Å². The predicted octanol–water partition coefficient (Wildman–Crippen LogP) is 3.62. The number of hydrogen-bond donors (Lipinski definition) is 1. The maximum atomic E-state index is 13.0. The molecular weight excluding hydrogens is 416 g/mol. The van der Waals surface area contributed by atoms with E-state index in [1.54, 1.807) is 31.2 Å². The Morgan fingerprint density at radius 1 is 1.17 bits per heavy atom. The molecule has 0 aliphatic heterocycles. The molecule has 2 aromatic rings. The minimum absolute atomic E-state index is 0.190. The Labute approximate surface area is 175 Å². The van der Waals surface area contributed by atoms with Gasteiger partial charge in [-0.2, -0.15) is 0 Å². The summed E-state index contributed by atoms with van der Waals surface area (Å²) in [5.74, 6) is -1.15. The molecule has 0 aliphatic carbocycles. The molecule has 0 bridgehead atoms. The number of esters is 1. The standard InChI is InChI=1S/C20H23ClN2O5S/c1-5-18(23(29(4,26)27)15-9-6-13(2)7-10-15)19(24)22-17-12-14(20(25)28-3)8-11-16(17)21/h6-12,18H,5H2,1-4H3,(H,22,24)/t18-/m0/s1. The quantitative estimate of drug-likeness (QED) is 0.666. The van der Waals surface area contributed by atoms with Gasteiger partial charge in [-0.05, 0) is 43.7 Å². The first kappa shape index (κ1) is 22.7. The van der Waals surface area contributed by atoms with E-state index in [1.807, 2.05) is 6.92 Å². The molecule has 2 aromatic carbocycles. The van der Waals surface area contributed by atoms with Gasteiger partial charge in [0.1, 0.15) is 6.04 Å². The van der Waals surface area contributed by atoms with Crippen LogP contribution in [0, 0.1) is 6.92 Å². The number of aryl methyl sites for hydroxylation is 1. The summed E-state index contributed by atoms with van der Waals surface area (Å²) in [7, 11) is -2.51. The molecule has 0 radical (unpaired) electrons. The van der Waals surface area contributed by atoms with E-state index in [4.69, 9.17) is 11.6 Å². The van der Waals surface area contributed by atoms with Crippen LogP contribution in [-0.2, 0) is 19.6 Å². The average molecular weight is 439 g/mol. The zero-order valence-corrected chi connectivity index (χ0v) is 18.2. The molecule has 2 rings (SSSR count). The van der Waals surface area contributed by atoms with Crippen LogP contribution in [0.25, 0.3) is 0 Å². The molecule has 0 spiro atoms. The largest absolute Gasteiger partial charge is 0.465 e. The summed E-state index contributed by atoms with van der Waals surface area (Å²) >= 11 is 6.14. The monoisotopic (exact) mass is 438 g/mol. The van der Waals surface area contributed by atoms with Crippen LogP contribution >= 0.6 is 11.6 Å². The average Bonchev–Trinajstić information content (AvgIpc) is 2.67. The second kappa shape index (κ2) is 9.28. The first-order valence-electron chi connectivity index (χ1n) is 8.83. The number of nitrogens with one attached hydrogen (secondary N) is 1. The molecule has 0 aromatic heterocycles. The van der Waals surface area contributed by atoms with Crippen molar-refractivity contribution in [3.05, 3.63) is 58.6 Å². The number of anilines is 2. The van der Waals surface area contributed by atoms with Crippen LogP contribution in [-0.4, -0.2) is 39.7 Å². The highest BCUT2D eigenvalue weighted by Crippen LogP contribution is 2.27. The third kappa shape index (κ3) is 5.48. The lowest BCUT2D eigenvalue weighted by Gasteiger charge is -2.30. The number of halogens is 1. The van der Waals surface area contributed by atoms with Crippen LogP contribution in [0.4, 0.5) is 11.4 Å². The number of ether oxygens (including phenoxy) is 1. The van der Waals surface area contributed by atoms with Crippen molar-refractivity contribution in [2.45, 2.75) is 26.3 Å². The van der Waals surface area contributed by atoms with Gasteiger partial charge < -0.3 is 10.1 Å². The molecule has 9 heteroatoms. The summed E-state index contributed by atoms with van der Waals surface area (Å²) in [4.78, 5) is 24.7. The van der Waals surface area contributed by atoms with Crippen LogP contribution in [0.15, 0.2) is 42.5 Å². The summed E-state index contributed by atoms with van der Waals surface area (Å²) in [5.41, 5.74) is 1.75. The molecule has 0 saturated carbocycles. The van der Waals surface area contributed by atoms with Crippen LogP contribution < -0.4 is 9.62 Å². The van der Waals surface area contributed by atoms with E-state index in [2.05, 4.69) is 10.1 Å². The highest BCUT2D eigenvalue weighted by molar-refractivity contribution is 7.92. The maximum Gasteiger partial charge on any atom is 0.337 e. The SMILES string of the molecule is CC[C@@H](C(=O)Nc1cc(C(=O)OC)ccc1Cl)N(c1ccc(C)cc1)S(C)(=O)=O. The van der Waals surface area contributed by atoms with Gasteiger partial charge in [0.2, 0.25) is 15.9 Å². The maximum absolute atomic E-state index is 13.0. The lowest BCUT2D eigenvalue weighted by atomic mass is 10.1. The van der Waals surface area contributed by atoms with Crippen molar-refractivity contribution in [3.63, 3.8) is 0 Å². The zero-order valence-electron chi connectivity index (χ0n) is 16.6. The molecular formula is C20H23ClN2O5S. The molecule has 0 aliphatic rings. The Balaban J connectivity index is 2.40. The lowest BCUT2D eigenvalue weighted by molar-refractivity contribution is -0.117. The van der Waals surface area contributed by atoms with Gasteiger partial charge in [0.05, 0.1) is 35.3 Å². The number of amides is 1. The van der Waals surface area contributed by atoms with Gasteiger partial charge in [0, 0.05) is 0 Å². The Bertz CT molecular complexity index is 1010. The number of methoxy groups -OCH3 is 1. The summed E-state index contributed by atoms with van der Waals surface area (Å²) in [6, 6.07) is 10.1.